The zero-order valence-electron chi connectivity index (χ0n) is 11.4. The molecule has 0 atom stereocenters. The maximum absolute atomic E-state index is 11.1. The summed E-state index contributed by atoms with van der Waals surface area (Å²) >= 11 is 0. The first-order valence-corrected chi connectivity index (χ1v) is 7.00. The fourth-order valence-electron chi connectivity index (χ4n) is 2.89. The van der Waals surface area contributed by atoms with E-state index in [-0.39, 0.29) is 5.56 Å². The first kappa shape index (κ1) is 13.7. The van der Waals surface area contributed by atoms with Gasteiger partial charge in [0, 0.05) is 13.1 Å². The molecule has 1 fully saturated rings. The normalized spacial score (nSPS) is 16.6. The van der Waals surface area contributed by atoms with Crippen LogP contribution in [-0.2, 0) is 0 Å². The van der Waals surface area contributed by atoms with Gasteiger partial charge in [-0.25, -0.2) is 4.79 Å². The van der Waals surface area contributed by atoms with Gasteiger partial charge >= 0.3 is 5.97 Å². The Labute approximate surface area is 114 Å². The van der Waals surface area contributed by atoms with Crippen LogP contribution in [0.2, 0.25) is 0 Å². The van der Waals surface area contributed by atoms with Gasteiger partial charge in [0.1, 0.15) is 0 Å². The molecule has 0 bridgehead atoms. The van der Waals surface area contributed by atoms with Gasteiger partial charge in [-0.1, -0.05) is 25.8 Å². The number of anilines is 2. The number of carboxylic acids is 1. The number of carboxylic acid groups (broad SMARTS) is 1. The summed E-state index contributed by atoms with van der Waals surface area (Å²) in [5.74, 6) is -0.148. The number of nitrogens with zero attached hydrogens (tertiary/aromatic N) is 1. The number of nitrogens with two attached hydrogens (primary N) is 1. The molecular weight excluding hydrogens is 240 g/mol. The highest BCUT2D eigenvalue weighted by atomic mass is 16.4. The molecule has 0 radical (unpaired) electrons. The van der Waals surface area contributed by atoms with Crippen LogP contribution in [0.25, 0.3) is 0 Å². The molecule has 1 aliphatic rings. The van der Waals surface area contributed by atoms with Gasteiger partial charge in [-0.05, 0) is 30.9 Å². The lowest BCUT2D eigenvalue weighted by Gasteiger charge is -2.34. The van der Waals surface area contributed by atoms with Gasteiger partial charge in [-0.15, -0.1) is 0 Å². The number of para-hydroxylation sites is 1. The SMILES string of the molecule is CCCC1CCN(c2cccc(C(=O)O)c2N)CC1. The second kappa shape index (κ2) is 5.95. The van der Waals surface area contributed by atoms with Crippen molar-refractivity contribution in [1.29, 1.82) is 0 Å². The van der Waals surface area contributed by atoms with E-state index in [2.05, 4.69) is 11.8 Å². The van der Waals surface area contributed by atoms with Crippen LogP contribution in [0, 0.1) is 5.92 Å². The van der Waals surface area contributed by atoms with Gasteiger partial charge in [0.05, 0.1) is 16.9 Å². The molecule has 1 heterocycles. The zero-order valence-corrected chi connectivity index (χ0v) is 11.4. The van der Waals surface area contributed by atoms with Crippen molar-refractivity contribution in [2.45, 2.75) is 32.6 Å². The minimum Gasteiger partial charge on any atom is -0.478 e. The van der Waals surface area contributed by atoms with E-state index in [0.29, 0.717) is 5.69 Å². The summed E-state index contributed by atoms with van der Waals surface area (Å²) in [7, 11) is 0. The number of piperidine rings is 1. The molecule has 0 spiro atoms. The number of nitrogen functional groups attached to an aromatic ring is 1. The first-order valence-electron chi connectivity index (χ1n) is 7.00. The Balaban J connectivity index is 2.11. The van der Waals surface area contributed by atoms with E-state index in [1.54, 1.807) is 12.1 Å². The number of hydrogen-bond acceptors (Lipinski definition) is 3. The molecule has 19 heavy (non-hydrogen) atoms. The lowest BCUT2D eigenvalue weighted by Crippen LogP contribution is -2.34. The lowest BCUT2D eigenvalue weighted by molar-refractivity contribution is 0.0698. The molecule has 3 N–H and O–H groups in total. The average molecular weight is 262 g/mol. The van der Waals surface area contributed by atoms with Crippen LogP contribution in [0.5, 0.6) is 0 Å². The van der Waals surface area contributed by atoms with E-state index >= 15 is 0 Å². The Morgan fingerprint density at radius 2 is 2.11 bits per heavy atom. The molecule has 0 amide bonds. The third kappa shape index (κ3) is 3.00. The molecule has 1 aromatic rings. The molecule has 104 valence electrons. The third-order valence-corrected chi connectivity index (χ3v) is 3.97. The summed E-state index contributed by atoms with van der Waals surface area (Å²) in [5.41, 5.74) is 7.45. The van der Waals surface area contributed by atoms with Gasteiger partial charge < -0.3 is 15.7 Å². The first-order chi connectivity index (χ1) is 9.13. The van der Waals surface area contributed by atoms with E-state index < -0.39 is 5.97 Å². The fourth-order valence-corrected chi connectivity index (χ4v) is 2.89. The Morgan fingerprint density at radius 1 is 1.42 bits per heavy atom. The predicted molar refractivity (Wildman–Crippen MR) is 77.7 cm³/mol. The molecule has 0 aliphatic carbocycles. The molecule has 1 aliphatic heterocycles. The highest BCUT2D eigenvalue weighted by Gasteiger charge is 2.21. The highest BCUT2D eigenvalue weighted by Crippen LogP contribution is 2.31. The highest BCUT2D eigenvalue weighted by molar-refractivity contribution is 5.97. The van der Waals surface area contributed by atoms with Crippen molar-refractivity contribution in [3.05, 3.63) is 23.8 Å². The van der Waals surface area contributed by atoms with E-state index in [4.69, 9.17) is 10.8 Å². The number of rotatable bonds is 4. The Morgan fingerprint density at radius 3 is 2.68 bits per heavy atom. The second-order valence-corrected chi connectivity index (χ2v) is 5.26. The van der Waals surface area contributed by atoms with Gasteiger partial charge in [0.15, 0.2) is 0 Å². The molecule has 2 rings (SSSR count). The van der Waals surface area contributed by atoms with Crippen molar-refractivity contribution in [3.8, 4) is 0 Å². The molecule has 1 aromatic carbocycles. The summed E-state index contributed by atoms with van der Waals surface area (Å²) < 4.78 is 0. The molecule has 0 unspecified atom stereocenters. The van der Waals surface area contributed by atoms with Crippen molar-refractivity contribution in [2.75, 3.05) is 23.7 Å². The van der Waals surface area contributed by atoms with Crippen LogP contribution in [0.1, 0.15) is 43.0 Å². The van der Waals surface area contributed by atoms with E-state index in [1.807, 2.05) is 6.07 Å². The number of benzene rings is 1. The number of aromatic carboxylic acids is 1. The largest absolute Gasteiger partial charge is 0.478 e. The van der Waals surface area contributed by atoms with Crippen LogP contribution >= 0.6 is 0 Å². The molecule has 4 heteroatoms. The molecule has 0 saturated carbocycles. The van der Waals surface area contributed by atoms with Crippen molar-refractivity contribution < 1.29 is 9.90 Å². The minimum atomic E-state index is -0.958. The zero-order chi connectivity index (χ0) is 13.8. The molecule has 0 aromatic heterocycles. The standard InChI is InChI=1S/C15H22N2O2/c1-2-4-11-7-9-17(10-8-11)13-6-3-5-12(14(13)16)15(18)19/h3,5-6,11H,2,4,7-10,16H2,1H3,(H,18,19). The Kier molecular flexibility index (Phi) is 4.30. The predicted octanol–water partition coefficient (Wildman–Crippen LogP) is 2.98. The van der Waals surface area contributed by atoms with E-state index in [9.17, 15) is 4.79 Å². The molecule has 1 saturated heterocycles. The smallest absolute Gasteiger partial charge is 0.337 e. The van der Waals surface area contributed by atoms with Crippen LogP contribution in [-0.4, -0.2) is 24.2 Å². The van der Waals surface area contributed by atoms with Crippen molar-refractivity contribution >= 4 is 17.3 Å². The van der Waals surface area contributed by atoms with Gasteiger partial charge in [0.25, 0.3) is 0 Å². The molecular formula is C15H22N2O2. The maximum atomic E-state index is 11.1. The van der Waals surface area contributed by atoms with Crippen LogP contribution in [0.4, 0.5) is 11.4 Å². The maximum Gasteiger partial charge on any atom is 0.337 e. The van der Waals surface area contributed by atoms with E-state index in [0.717, 1.165) is 24.7 Å². The second-order valence-electron chi connectivity index (χ2n) is 5.26. The summed E-state index contributed by atoms with van der Waals surface area (Å²) in [5, 5.41) is 9.10. The third-order valence-electron chi connectivity index (χ3n) is 3.97. The average Bonchev–Trinajstić information content (AvgIpc) is 2.40. The number of hydrogen-bond donors (Lipinski definition) is 2. The Bertz CT molecular complexity index is 451. The number of carbonyl (C=O) groups is 1. The molecule has 4 nitrogen and oxygen atoms in total. The summed E-state index contributed by atoms with van der Waals surface area (Å²) in [4.78, 5) is 13.3. The Hall–Kier alpha value is -1.71. The minimum absolute atomic E-state index is 0.202. The summed E-state index contributed by atoms with van der Waals surface area (Å²) in [6.45, 7) is 4.16. The summed E-state index contributed by atoms with van der Waals surface area (Å²) in [6, 6.07) is 5.25. The topological polar surface area (TPSA) is 66.6 Å². The van der Waals surface area contributed by atoms with Crippen molar-refractivity contribution in [1.82, 2.24) is 0 Å². The van der Waals surface area contributed by atoms with Gasteiger partial charge in [-0.2, -0.15) is 0 Å². The van der Waals surface area contributed by atoms with Crippen LogP contribution in [0.3, 0.4) is 0 Å². The van der Waals surface area contributed by atoms with Gasteiger partial charge in [-0.3, -0.25) is 0 Å². The fraction of sp³-hybridized carbons (Fsp3) is 0.533. The van der Waals surface area contributed by atoms with E-state index in [1.165, 1.54) is 25.7 Å². The van der Waals surface area contributed by atoms with Gasteiger partial charge in [0.2, 0.25) is 0 Å². The lowest BCUT2D eigenvalue weighted by atomic mass is 9.92. The van der Waals surface area contributed by atoms with Crippen molar-refractivity contribution in [2.24, 2.45) is 5.92 Å². The van der Waals surface area contributed by atoms with Crippen LogP contribution in [0.15, 0.2) is 18.2 Å². The van der Waals surface area contributed by atoms with Crippen LogP contribution < -0.4 is 10.6 Å². The quantitative estimate of drug-likeness (QED) is 0.819. The monoisotopic (exact) mass is 262 g/mol. The summed E-state index contributed by atoms with van der Waals surface area (Å²) in [6.07, 6.45) is 4.87. The van der Waals surface area contributed by atoms with Crippen molar-refractivity contribution in [3.63, 3.8) is 0 Å².